The number of aromatic nitrogens is 1. The third kappa shape index (κ3) is 2.51. The molecule has 1 aromatic carbocycles. The van der Waals surface area contributed by atoms with Gasteiger partial charge in [0.15, 0.2) is 5.13 Å². The molecule has 1 aromatic heterocycles. The summed E-state index contributed by atoms with van der Waals surface area (Å²) in [4.78, 5) is 15.1. The largest absolute Gasteiger partial charge is 0.477 e. The molecule has 2 N–H and O–H groups in total. The number of aryl methyl sites for hydroxylation is 1. The molecule has 7 heteroatoms. The SMILES string of the molecule is Cc1nc(Nc2c(F)cccc2Br)sc1C(=O)O. The molecule has 94 valence electrons. The molecule has 0 aliphatic carbocycles. The third-order valence-electron chi connectivity index (χ3n) is 2.19. The highest BCUT2D eigenvalue weighted by Crippen LogP contribution is 2.31. The van der Waals surface area contributed by atoms with Crippen LogP contribution in [0.15, 0.2) is 22.7 Å². The van der Waals surface area contributed by atoms with Gasteiger partial charge in [0.05, 0.1) is 11.4 Å². The second kappa shape index (κ2) is 5.03. The topological polar surface area (TPSA) is 62.2 Å². The third-order valence-corrected chi connectivity index (χ3v) is 3.91. The van der Waals surface area contributed by atoms with Crippen molar-refractivity contribution in [1.29, 1.82) is 0 Å². The molecule has 18 heavy (non-hydrogen) atoms. The van der Waals surface area contributed by atoms with Crippen molar-refractivity contribution >= 4 is 44.1 Å². The van der Waals surface area contributed by atoms with Crippen LogP contribution in [-0.4, -0.2) is 16.1 Å². The zero-order chi connectivity index (χ0) is 13.3. The van der Waals surface area contributed by atoms with Gasteiger partial charge in [-0.15, -0.1) is 0 Å². The van der Waals surface area contributed by atoms with Gasteiger partial charge in [-0.05, 0) is 35.0 Å². The Kier molecular flexibility index (Phi) is 3.63. The summed E-state index contributed by atoms with van der Waals surface area (Å²) in [5.41, 5.74) is 0.644. The zero-order valence-corrected chi connectivity index (χ0v) is 11.6. The minimum absolute atomic E-state index is 0.143. The number of benzene rings is 1. The van der Waals surface area contributed by atoms with Gasteiger partial charge >= 0.3 is 5.97 Å². The lowest BCUT2D eigenvalue weighted by atomic mass is 10.3. The number of carbonyl (C=O) groups is 1. The molecule has 2 aromatic rings. The second-order valence-corrected chi connectivity index (χ2v) is 5.31. The molecule has 0 atom stereocenters. The molecule has 0 radical (unpaired) electrons. The lowest BCUT2D eigenvalue weighted by molar-refractivity contribution is 0.0701. The van der Waals surface area contributed by atoms with Gasteiger partial charge in [0, 0.05) is 4.47 Å². The van der Waals surface area contributed by atoms with E-state index in [1.54, 1.807) is 19.1 Å². The maximum absolute atomic E-state index is 13.6. The summed E-state index contributed by atoms with van der Waals surface area (Å²) < 4.78 is 14.1. The molecule has 0 saturated heterocycles. The second-order valence-electron chi connectivity index (χ2n) is 3.46. The van der Waals surface area contributed by atoms with Crippen molar-refractivity contribution in [3.05, 3.63) is 39.1 Å². The van der Waals surface area contributed by atoms with E-state index in [1.807, 2.05) is 0 Å². The number of nitrogens with one attached hydrogen (secondary N) is 1. The quantitative estimate of drug-likeness (QED) is 0.898. The number of carboxylic acids is 1. The fraction of sp³-hybridized carbons (Fsp3) is 0.0909. The average molecular weight is 331 g/mol. The van der Waals surface area contributed by atoms with Gasteiger partial charge < -0.3 is 10.4 Å². The molecule has 2 rings (SSSR count). The molecular formula is C11H8BrFN2O2S. The maximum Gasteiger partial charge on any atom is 0.347 e. The summed E-state index contributed by atoms with van der Waals surface area (Å²) in [6, 6.07) is 4.57. The summed E-state index contributed by atoms with van der Waals surface area (Å²) in [6.45, 7) is 1.60. The van der Waals surface area contributed by atoms with E-state index in [-0.39, 0.29) is 10.6 Å². The minimum atomic E-state index is -1.04. The number of rotatable bonds is 3. The molecule has 0 saturated carbocycles. The number of anilines is 2. The molecular weight excluding hydrogens is 323 g/mol. The van der Waals surface area contributed by atoms with Crippen LogP contribution < -0.4 is 5.32 Å². The Labute approximate surface area is 115 Å². The van der Waals surface area contributed by atoms with E-state index in [4.69, 9.17) is 5.11 Å². The Morgan fingerprint density at radius 3 is 2.83 bits per heavy atom. The standard InChI is InChI=1S/C11H8BrFN2O2S/c1-5-9(10(16)17)18-11(14-5)15-8-6(12)3-2-4-7(8)13/h2-4H,1H3,(H,14,15)(H,16,17). The van der Waals surface area contributed by atoms with Crippen molar-refractivity contribution in [3.63, 3.8) is 0 Å². The van der Waals surface area contributed by atoms with Crippen molar-refractivity contribution in [2.75, 3.05) is 5.32 Å². The van der Waals surface area contributed by atoms with Crippen molar-refractivity contribution in [1.82, 2.24) is 4.98 Å². The number of para-hydroxylation sites is 1. The Morgan fingerprint density at radius 2 is 2.28 bits per heavy atom. The maximum atomic E-state index is 13.6. The van der Waals surface area contributed by atoms with Crippen LogP contribution in [-0.2, 0) is 0 Å². The fourth-order valence-electron chi connectivity index (χ4n) is 1.37. The number of carboxylic acid groups (broad SMARTS) is 1. The molecule has 0 spiro atoms. The minimum Gasteiger partial charge on any atom is -0.477 e. The first-order chi connectivity index (χ1) is 8.49. The Bertz CT molecular complexity index is 595. The van der Waals surface area contributed by atoms with Crippen LogP contribution in [0.25, 0.3) is 0 Å². The molecule has 0 amide bonds. The highest BCUT2D eigenvalue weighted by molar-refractivity contribution is 9.10. The molecule has 1 heterocycles. The number of nitrogens with zero attached hydrogens (tertiary/aromatic N) is 1. The first kappa shape index (κ1) is 13.0. The Hall–Kier alpha value is -1.47. The smallest absolute Gasteiger partial charge is 0.347 e. The van der Waals surface area contributed by atoms with Gasteiger partial charge in [-0.3, -0.25) is 0 Å². The van der Waals surface area contributed by atoms with Crippen LogP contribution in [0, 0.1) is 12.7 Å². The van der Waals surface area contributed by atoms with Crippen LogP contribution in [0.3, 0.4) is 0 Å². The highest BCUT2D eigenvalue weighted by atomic mass is 79.9. The molecule has 4 nitrogen and oxygen atoms in total. The van der Waals surface area contributed by atoms with Crippen LogP contribution in [0.1, 0.15) is 15.4 Å². The molecule has 0 aliphatic heterocycles. The van der Waals surface area contributed by atoms with Gasteiger partial charge in [0.2, 0.25) is 0 Å². The van der Waals surface area contributed by atoms with Crippen molar-refractivity contribution in [3.8, 4) is 0 Å². The van der Waals surface area contributed by atoms with Crippen LogP contribution in [0.2, 0.25) is 0 Å². The highest BCUT2D eigenvalue weighted by Gasteiger charge is 2.15. The van der Waals surface area contributed by atoms with E-state index in [9.17, 15) is 9.18 Å². The monoisotopic (exact) mass is 330 g/mol. The summed E-state index contributed by atoms with van der Waals surface area (Å²) in [7, 11) is 0. The van der Waals surface area contributed by atoms with Crippen molar-refractivity contribution < 1.29 is 14.3 Å². The lowest BCUT2D eigenvalue weighted by Gasteiger charge is -2.05. The molecule has 0 aliphatic rings. The van der Waals surface area contributed by atoms with E-state index in [0.717, 1.165) is 11.3 Å². The van der Waals surface area contributed by atoms with Crippen LogP contribution in [0.5, 0.6) is 0 Å². The number of hydrogen-bond acceptors (Lipinski definition) is 4. The van der Waals surface area contributed by atoms with Crippen molar-refractivity contribution in [2.24, 2.45) is 0 Å². The van der Waals surface area contributed by atoms with E-state index in [1.165, 1.54) is 6.07 Å². The fourth-order valence-corrected chi connectivity index (χ4v) is 2.62. The molecule has 0 fully saturated rings. The number of halogens is 2. The normalized spacial score (nSPS) is 10.4. The lowest BCUT2D eigenvalue weighted by Crippen LogP contribution is -1.94. The number of hydrogen-bond donors (Lipinski definition) is 2. The Balaban J connectivity index is 2.35. The van der Waals surface area contributed by atoms with Crippen molar-refractivity contribution in [2.45, 2.75) is 6.92 Å². The zero-order valence-electron chi connectivity index (χ0n) is 9.20. The molecule has 0 bridgehead atoms. The van der Waals surface area contributed by atoms with Gasteiger partial charge in [0.25, 0.3) is 0 Å². The van der Waals surface area contributed by atoms with E-state index >= 15 is 0 Å². The summed E-state index contributed by atoms with van der Waals surface area (Å²) in [5, 5.41) is 12.0. The van der Waals surface area contributed by atoms with Gasteiger partial charge in [-0.2, -0.15) is 0 Å². The first-order valence-corrected chi connectivity index (χ1v) is 6.51. The average Bonchev–Trinajstić information content (AvgIpc) is 2.65. The summed E-state index contributed by atoms with van der Waals surface area (Å²) in [5.74, 6) is -1.47. The number of aromatic carboxylic acids is 1. The van der Waals surface area contributed by atoms with Gasteiger partial charge in [-0.1, -0.05) is 17.4 Å². The Morgan fingerprint density at radius 1 is 1.56 bits per heavy atom. The van der Waals surface area contributed by atoms with E-state index in [2.05, 4.69) is 26.2 Å². The van der Waals surface area contributed by atoms with E-state index < -0.39 is 11.8 Å². The predicted octanol–water partition coefficient (Wildman–Crippen LogP) is 3.79. The first-order valence-electron chi connectivity index (χ1n) is 4.91. The molecule has 0 unspecified atom stereocenters. The summed E-state index contributed by atoms with van der Waals surface area (Å²) in [6.07, 6.45) is 0. The van der Waals surface area contributed by atoms with Gasteiger partial charge in [-0.25, -0.2) is 14.2 Å². The summed E-state index contributed by atoms with van der Waals surface area (Å²) >= 11 is 4.19. The number of thiazole rings is 1. The van der Waals surface area contributed by atoms with E-state index in [0.29, 0.717) is 15.3 Å². The predicted molar refractivity (Wildman–Crippen MR) is 71.2 cm³/mol. The van der Waals surface area contributed by atoms with Gasteiger partial charge in [0.1, 0.15) is 10.7 Å². The van der Waals surface area contributed by atoms with Crippen LogP contribution in [0.4, 0.5) is 15.2 Å². The van der Waals surface area contributed by atoms with Crippen LogP contribution >= 0.6 is 27.3 Å².